The number of fused-ring (bicyclic) bond motifs is 1. The summed E-state index contributed by atoms with van der Waals surface area (Å²) in [5.41, 5.74) is -1.31. The summed E-state index contributed by atoms with van der Waals surface area (Å²) >= 11 is 0. The van der Waals surface area contributed by atoms with Crippen LogP contribution in [-0.2, 0) is 13.5 Å². The molecule has 0 aliphatic carbocycles. The van der Waals surface area contributed by atoms with Crippen LogP contribution in [0.4, 0.5) is 24.9 Å². The molecule has 0 saturated carbocycles. The maximum atomic E-state index is 13.0. The number of nitrogens with zero attached hydrogens (tertiary/aromatic N) is 7. The number of alkyl halides is 3. The first kappa shape index (κ1) is 19.8. The molecule has 0 aliphatic heterocycles. The molecule has 1 unspecified atom stereocenters. The second-order valence-corrected chi connectivity index (χ2v) is 6.94. The van der Waals surface area contributed by atoms with Gasteiger partial charge in [0.1, 0.15) is 11.6 Å². The summed E-state index contributed by atoms with van der Waals surface area (Å²) < 4.78 is 42.0. The highest BCUT2D eigenvalue weighted by molar-refractivity contribution is 5.65. The molecule has 2 N–H and O–H groups in total. The molecule has 1 atom stereocenters. The first-order chi connectivity index (χ1) is 14.1. The normalized spacial score (nSPS) is 14.1. The van der Waals surface area contributed by atoms with E-state index < -0.39 is 18.2 Å². The smallest absolute Gasteiger partial charge is 0.380 e. The third kappa shape index (κ3) is 3.68. The first-order valence-electron chi connectivity index (χ1n) is 8.85. The Hall–Kier alpha value is -3.54. The number of aryl methyl sites for hydroxylation is 1. The topological polar surface area (TPSA) is 106 Å². The number of nitrogens with one attached hydrogen (secondary N) is 1. The summed E-state index contributed by atoms with van der Waals surface area (Å²) in [6.07, 6.45) is -0.733. The van der Waals surface area contributed by atoms with Crippen LogP contribution in [0.3, 0.4) is 0 Å². The highest BCUT2D eigenvalue weighted by Gasteiger charge is 2.50. The lowest BCUT2D eigenvalue weighted by atomic mass is 10.0. The summed E-state index contributed by atoms with van der Waals surface area (Å²) in [5, 5.41) is 24.6. The van der Waals surface area contributed by atoms with Crippen molar-refractivity contribution in [2.45, 2.75) is 25.1 Å². The summed E-state index contributed by atoms with van der Waals surface area (Å²) in [6.45, 7) is 0.708. The van der Waals surface area contributed by atoms with Crippen LogP contribution in [0.5, 0.6) is 0 Å². The number of aliphatic hydroxyl groups is 1. The lowest BCUT2D eigenvalue weighted by Crippen LogP contribution is -2.44. The van der Waals surface area contributed by atoms with Gasteiger partial charge in [-0.1, -0.05) is 0 Å². The Bertz CT molecular complexity index is 1200. The molecule has 4 aromatic rings. The number of aromatic nitrogens is 7. The van der Waals surface area contributed by atoms with Crippen molar-refractivity contribution in [3.63, 3.8) is 0 Å². The molecule has 0 amide bonds. The molecule has 0 aromatic carbocycles. The van der Waals surface area contributed by atoms with Crippen LogP contribution in [0, 0.1) is 0 Å². The Morgan fingerprint density at radius 1 is 1.13 bits per heavy atom. The monoisotopic (exact) mass is 418 g/mol. The quantitative estimate of drug-likeness (QED) is 0.513. The van der Waals surface area contributed by atoms with Crippen LogP contribution < -0.4 is 5.32 Å². The second kappa shape index (κ2) is 7.06. The number of halogens is 3. The van der Waals surface area contributed by atoms with Crippen molar-refractivity contribution < 1.29 is 18.3 Å². The van der Waals surface area contributed by atoms with Gasteiger partial charge in [0, 0.05) is 37.5 Å². The zero-order valence-electron chi connectivity index (χ0n) is 16.0. The number of hydrogen-bond acceptors (Lipinski definition) is 7. The van der Waals surface area contributed by atoms with Gasteiger partial charge in [-0.3, -0.25) is 9.08 Å². The third-order valence-corrected chi connectivity index (χ3v) is 4.61. The molecule has 9 nitrogen and oxygen atoms in total. The fourth-order valence-electron chi connectivity index (χ4n) is 2.82. The number of pyridine rings is 1. The molecule has 0 spiro atoms. The van der Waals surface area contributed by atoms with E-state index in [-0.39, 0.29) is 5.82 Å². The standard InChI is InChI=1S/C18H17F3N8O/c1-17(30,18(19,20)21)10-15-27-26-14-9-11(5-8-29(14)15)12-3-6-22-16(24-12)25-13-4-7-23-28(13)2/h3-9,30H,10H2,1-2H3,(H,22,24,25). The van der Waals surface area contributed by atoms with Gasteiger partial charge in [0.05, 0.1) is 11.9 Å². The van der Waals surface area contributed by atoms with Crippen molar-refractivity contribution in [2.75, 3.05) is 5.32 Å². The van der Waals surface area contributed by atoms with Gasteiger partial charge >= 0.3 is 6.18 Å². The lowest BCUT2D eigenvalue weighted by Gasteiger charge is -2.25. The van der Waals surface area contributed by atoms with E-state index in [9.17, 15) is 18.3 Å². The Morgan fingerprint density at radius 3 is 2.63 bits per heavy atom. The maximum Gasteiger partial charge on any atom is 0.417 e. The molecule has 156 valence electrons. The maximum absolute atomic E-state index is 13.0. The minimum atomic E-state index is -4.78. The Morgan fingerprint density at radius 2 is 1.93 bits per heavy atom. The van der Waals surface area contributed by atoms with E-state index in [4.69, 9.17) is 0 Å². The van der Waals surface area contributed by atoms with Crippen LogP contribution >= 0.6 is 0 Å². The molecular formula is C18H17F3N8O. The second-order valence-electron chi connectivity index (χ2n) is 6.94. The third-order valence-electron chi connectivity index (χ3n) is 4.61. The number of rotatable bonds is 5. The predicted octanol–water partition coefficient (Wildman–Crippen LogP) is 2.52. The van der Waals surface area contributed by atoms with Gasteiger partial charge in [0.25, 0.3) is 0 Å². The van der Waals surface area contributed by atoms with E-state index in [0.29, 0.717) is 35.6 Å². The van der Waals surface area contributed by atoms with Crippen molar-refractivity contribution >= 4 is 17.4 Å². The van der Waals surface area contributed by atoms with E-state index in [1.807, 2.05) is 0 Å². The molecule has 4 aromatic heterocycles. The van der Waals surface area contributed by atoms with E-state index in [2.05, 4.69) is 30.6 Å². The number of hydrogen-bond donors (Lipinski definition) is 2. The first-order valence-corrected chi connectivity index (χ1v) is 8.85. The van der Waals surface area contributed by atoms with Crippen LogP contribution in [-0.4, -0.2) is 51.2 Å². The molecule has 0 saturated heterocycles. The highest BCUT2D eigenvalue weighted by atomic mass is 19.4. The van der Waals surface area contributed by atoms with Gasteiger partial charge in [-0.15, -0.1) is 10.2 Å². The lowest BCUT2D eigenvalue weighted by molar-refractivity contribution is -0.252. The van der Waals surface area contributed by atoms with Crippen molar-refractivity contribution in [1.29, 1.82) is 0 Å². The van der Waals surface area contributed by atoms with Gasteiger partial charge in [0.15, 0.2) is 11.2 Å². The zero-order chi connectivity index (χ0) is 21.5. The summed E-state index contributed by atoms with van der Waals surface area (Å²) in [6, 6.07) is 6.80. The molecular weight excluding hydrogens is 401 g/mol. The molecule has 0 aliphatic rings. The average molecular weight is 418 g/mol. The number of anilines is 2. The minimum Gasteiger partial charge on any atom is -0.380 e. The molecule has 0 fully saturated rings. The van der Waals surface area contributed by atoms with Gasteiger partial charge < -0.3 is 10.4 Å². The molecule has 4 rings (SSSR count). The summed E-state index contributed by atoms with van der Waals surface area (Å²) in [7, 11) is 1.78. The van der Waals surface area contributed by atoms with Crippen LogP contribution in [0.15, 0.2) is 42.9 Å². The summed E-state index contributed by atoms with van der Waals surface area (Å²) in [4.78, 5) is 8.63. The van der Waals surface area contributed by atoms with Gasteiger partial charge in [-0.05, 0) is 25.1 Å². The fourth-order valence-corrected chi connectivity index (χ4v) is 2.82. The Labute approximate surface area is 168 Å². The van der Waals surface area contributed by atoms with Crippen molar-refractivity contribution in [3.8, 4) is 11.3 Å². The predicted molar refractivity (Wildman–Crippen MR) is 101 cm³/mol. The molecule has 12 heteroatoms. The molecule has 0 radical (unpaired) electrons. The molecule has 0 bridgehead atoms. The van der Waals surface area contributed by atoms with E-state index in [0.717, 1.165) is 0 Å². The van der Waals surface area contributed by atoms with Gasteiger partial charge in [-0.2, -0.15) is 18.3 Å². The van der Waals surface area contributed by atoms with Crippen molar-refractivity contribution in [3.05, 3.63) is 48.7 Å². The van der Waals surface area contributed by atoms with E-state index in [1.54, 1.807) is 54.6 Å². The zero-order valence-corrected chi connectivity index (χ0v) is 16.0. The fraction of sp³-hybridized carbons (Fsp3) is 0.278. The molecule has 30 heavy (non-hydrogen) atoms. The highest BCUT2D eigenvalue weighted by Crippen LogP contribution is 2.32. The average Bonchev–Trinajstić information content (AvgIpc) is 3.27. The summed E-state index contributed by atoms with van der Waals surface area (Å²) in [5.74, 6) is 1.07. The van der Waals surface area contributed by atoms with E-state index in [1.165, 1.54) is 4.40 Å². The SMILES string of the molecule is Cn1nccc1Nc1nccc(-c2ccn3c(CC(C)(O)C(F)(F)F)nnc3c2)n1. The van der Waals surface area contributed by atoms with Crippen LogP contribution in [0.25, 0.3) is 16.9 Å². The van der Waals surface area contributed by atoms with Crippen LogP contribution in [0.1, 0.15) is 12.7 Å². The Kier molecular flexibility index (Phi) is 4.65. The molecule has 4 heterocycles. The Balaban J connectivity index is 1.62. The van der Waals surface area contributed by atoms with Crippen molar-refractivity contribution in [1.82, 2.24) is 34.3 Å². The van der Waals surface area contributed by atoms with Gasteiger partial charge in [-0.25, -0.2) is 9.97 Å². The van der Waals surface area contributed by atoms with E-state index >= 15 is 0 Å². The van der Waals surface area contributed by atoms with Crippen LogP contribution in [0.2, 0.25) is 0 Å². The largest absolute Gasteiger partial charge is 0.417 e. The van der Waals surface area contributed by atoms with Crippen molar-refractivity contribution in [2.24, 2.45) is 7.05 Å². The minimum absolute atomic E-state index is 0.000117. The van der Waals surface area contributed by atoms with Gasteiger partial charge in [0.2, 0.25) is 5.95 Å².